The van der Waals surface area contributed by atoms with E-state index in [1.165, 1.54) is 24.1 Å². The Bertz CT molecular complexity index is 477. The normalized spacial score (nSPS) is 20.3. The zero-order valence-electron chi connectivity index (χ0n) is 13.1. The first-order valence-electron chi connectivity index (χ1n) is 8.14. The zero-order chi connectivity index (χ0) is 14.8. The average molecular weight is 308 g/mol. The van der Waals surface area contributed by atoms with E-state index in [0.29, 0.717) is 6.04 Å². The maximum atomic E-state index is 6.45. The van der Waals surface area contributed by atoms with Crippen LogP contribution in [0.4, 0.5) is 5.69 Å². The third kappa shape index (κ3) is 3.91. The highest BCUT2D eigenvalue weighted by Gasteiger charge is 2.21. The zero-order valence-corrected chi connectivity index (χ0v) is 13.9. The van der Waals surface area contributed by atoms with Gasteiger partial charge in [-0.25, -0.2) is 0 Å². The number of rotatable bonds is 5. The van der Waals surface area contributed by atoms with Crippen LogP contribution < -0.4 is 10.2 Å². The van der Waals surface area contributed by atoms with E-state index in [1.807, 2.05) is 0 Å². The summed E-state index contributed by atoms with van der Waals surface area (Å²) in [5.41, 5.74) is 2.48. The van der Waals surface area contributed by atoms with E-state index in [2.05, 4.69) is 47.2 Å². The summed E-state index contributed by atoms with van der Waals surface area (Å²) in [5, 5.41) is 4.42. The van der Waals surface area contributed by atoms with Crippen LogP contribution in [0.15, 0.2) is 18.2 Å². The third-order valence-electron chi connectivity index (χ3n) is 4.60. The van der Waals surface area contributed by atoms with Gasteiger partial charge in [0.25, 0.3) is 0 Å². The molecule has 0 radical (unpaired) electrons. The number of hydrogen-bond acceptors (Lipinski definition) is 3. The highest BCUT2D eigenvalue weighted by Crippen LogP contribution is 2.26. The van der Waals surface area contributed by atoms with E-state index in [4.69, 9.17) is 11.6 Å². The minimum atomic E-state index is 0.645. The molecule has 0 unspecified atom stereocenters. The quantitative estimate of drug-likeness (QED) is 0.901. The van der Waals surface area contributed by atoms with Crippen LogP contribution in [0.1, 0.15) is 32.3 Å². The van der Waals surface area contributed by atoms with E-state index in [-0.39, 0.29) is 0 Å². The van der Waals surface area contributed by atoms with Gasteiger partial charge in [-0.05, 0) is 44.4 Å². The SMILES string of the molecule is CC(C)N1CCN(c2ccc(CNC3CC3)c(Cl)c2)CC1. The second-order valence-electron chi connectivity index (χ2n) is 6.55. The molecule has 1 heterocycles. The summed E-state index contributed by atoms with van der Waals surface area (Å²) in [4.78, 5) is 4.98. The van der Waals surface area contributed by atoms with Gasteiger partial charge >= 0.3 is 0 Å². The molecular formula is C17H26ClN3. The molecule has 3 rings (SSSR count). The van der Waals surface area contributed by atoms with Gasteiger partial charge in [0.05, 0.1) is 0 Å². The lowest BCUT2D eigenvalue weighted by molar-refractivity contribution is 0.209. The molecule has 1 aromatic rings. The average Bonchev–Trinajstić information content (AvgIpc) is 3.30. The molecule has 1 saturated heterocycles. The van der Waals surface area contributed by atoms with Crippen LogP contribution in [0.25, 0.3) is 0 Å². The van der Waals surface area contributed by atoms with Crippen molar-refractivity contribution in [2.45, 2.75) is 45.3 Å². The van der Waals surface area contributed by atoms with E-state index < -0.39 is 0 Å². The molecule has 1 aromatic carbocycles. The monoisotopic (exact) mass is 307 g/mol. The summed E-state index contributed by atoms with van der Waals surface area (Å²) in [6.07, 6.45) is 2.63. The summed E-state index contributed by atoms with van der Waals surface area (Å²) < 4.78 is 0. The fourth-order valence-corrected chi connectivity index (χ4v) is 3.16. The van der Waals surface area contributed by atoms with Gasteiger partial charge in [-0.2, -0.15) is 0 Å². The van der Waals surface area contributed by atoms with Gasteiger partial charge in [-0.1, -0.05) is 17.7 Å². The Balaban J connectivity index is 1.59. The summed E-state index contributed by atoms with van der Waals surface area (Å²) in [5.74, 6) is 0. The number of piperazine rings is 1. The Kier molecular flexibility index (Phi) is 4.72. The van der Waals surface area contributed by atoms with E-state index in [9.17, 15) is 0 Å². The van der Waals surface area contributed by atoms with Crippen molar-refractivity contribution in [1.82, 2.24) is 10.2 Å². The van der Waals surface area contributed by atoms with Gasteiger partial charge in [0, 0.05) is 55.5 Å². The maximum absolute atomic E-state index is 6.45. The van der Waals surface area contributed by atoms with Crippen LogP contribution >= 0.6 is 11.6 Å². The molecule has 4 heteroatoms. The van der Waals surface area contributed by atoms with E-state index in [0.717, 1.165) is 43.8 Å². The number of benzene rings is 1. The topological polar surface area (TPSA) is 18.5 Å². The predicted octanol–water partition coefficient (Wildman–Crippen LogP) is 3.12. The predicted molar refractivity (Wildman–Crippen MR) is 90.2 cm³/mol. The number of nitrogens with zero attached hydrogens (tertiary/aromatic N) is 2. The molecule has 0 aromatic heterocycles. The number of hydrogen-bond donors (Lipinski definition) is 1. The van der Waals surface area contributed by atoms with Crippen molar-refractivity contribution >= 4 is 17.3 Å². The molecule has 0 atom stereocenters. The lowest BCUT2D eigenvalue weighted by atomic mass is 10.1. The van der Waals surface area contributed by atoms with Crippen molar-refractivity contribution in [3.05, 3.63) is 28.8 Å². The molecule has 1 aliphatic carbocycles. The minimum absolute atomic E-state index is 0.645. The van der Waals surface area contributed by atoms with Gasteiger partial charge in [-0.3, -0.25) is 4.90 Å². The van der Waals surface area contributed by atoms with Crippen LogP contribution in [-0.2, 0) is 6.54 Å². The Morgan fingerprint density at radius 2 is 1.90 bits per heavy atom. The Morgan fingerprint density at radius 1 is 1.19 bits per heavy atom. The molecular weight excluding hydrogens is 282 g/mol. The van der Waals surface area contributed by atoms with Crippen LogP contribution in [0.2, 0.25) is 5.02 Å². The van der Waals surface area contributed by atoms with E-state index >= 15 is 0 Å². The summed E-state index contributed by atoms with van der Waals surface area (Å²) >= 11 is 6.45. The highest BCUT2D eigenvalue weighted by atomic mass is 35.5. The molecule has 0 spiro atoms. The van der Waals surface area contributed by atoms with Gasteiger partial charge in [0.15, 0.2) is 0 Å². The lowest BCUT2D eigenvalue weighted by Crippen LogP contribution is -2.48. The molecule has 21 heavy (non-hydrogen) atoms. The first-order valence-corrected chi connectivity index (χ1v) is 8.52. The first kappa shape index (κ1) is 15.1. The fourth-order valence-electron chi connectivity index (χ4n) is 2.91. The molecule has 1 N–H and O–H groups in total. The molecule has 0 bridgehead atoms. The van der Waals surface area contributed by atoms with Crippen LogP contribution in [0.5, 0.6) is 0 Å². The molecule has 0 amide bonds. The highest BCUT2D eigenvalue weighted by molar-refractivity contribution is 6.31. The summed E-state index contributed by atoms with van der Waals surface area (Å²) in [6, 6.07) is 7.91. The molecule has 2 aliphatic rings. The van der Waals surface area contributed by atoms with Crippen LogP contribution in [-0.4, -0.2) is 43.2 Å². The van der Waals surface area contributed by atoms with Gasteiger partial charge < -0.3 is 10.2 Å². The Hall–Kier alpha value is -0.770. The van der Waals surface area contributed by atoms with Crippen molar-refractivity contribution in [2.75, 3.05) is 31.1 Å². The van der Waals surface area contributed by atoms with Crippen molar-refractivity contribution in [3.8, 4) is 0 Å². The molecule has 1 aliphatic heterocycles. The van der Waals surface area contributed by atoms with Crippen molar-refractivity contribution < 1.29 is 0 Å². The third-order valence-corrected chi connectivity index (χ3v) is 4.96. The fraction of sp³-hybridized carbons (Fsp3) is 0.647. The Labute approximate surface area is 133 Å². The van der Waals surface area contributed by atoms with Crippen molar-refractivity contribution in [2.24, 2.45) is 0 Å². The largest absolute Gasteiger partial charge is 0.369 e. The van der Waals surface area contributed by atoms with Gasteiger partial charge in [0.2, 0.25) is 0 Å². The number of anilines is 1. The van der Waals surface area contributed by atoms with Crippen LogP contribution in [0.3, 0.4) is 0 Å². The van der Waals surface area contributed by atoms with Gasteiger partial charge in [0.1, 0.15) is 0 Å². The number of nitrogens with one attached hydrogen (secondary N) is 1. The van der Waals surface area contributed by atoms with Crippen LogP contribution in [0, 0.1) is 0 Å². The molecule has 116 valence electrons. The standard InChI is InChI=1S/C17H26ClN3/c1-13(2)20-7-9-21(10-8-20)16-6-3-14(17(18)11-16)12-19-15-4-5-15/h3,6,11,13,15,19H,4-5,7-10,12H2,1-2H3. The maximum Gasteiger partial charge on any atom is 0.0471 e. The lowest BCUT2D eigenvalue weighted by Gasteiger charge is -2.38. The van der Waals surface area contributed by atoms with Crippen molar-refractivity contribution in [3.63, 3.8) is 0 Å². The minimum Gasteiger partial charge on any atom is -0.369 e. The second kappa shape index (κ2) is 6.55. The first-order chi connectivity index (χ1) is 10.1. The summed E-state index contributed by atoms with van der Waals surface area (Å²) in [6.45, 7) is 9.90. The molecule has 1 saturated carbocycles. The molecule has 3 nitrogen and oxygen atoms in total. The summed E-state index contributed by atoms with van der Waals surface area (Å²) in [7, 11) is 0. The number of halogens is 1. The Morgan fingerprint density at radius 3 is 2.48 bits per heavy atom. The second-order valence-corrected chi connectivity index (χ2v) is 6.95. The smallest absolute Gasteiger partial charge is 0.0471 e. The van der Waals surface area contributed by atoms with Gasteiger partial charge in [-0.15, -0.1) is 0 Å². The van der Waals surface area contributed by atoms with Crippen molar-refractivity contribution in [1.29, 1.82) is 0 Å². The molecule has 2 fully saturated rings. The van der Waals surface area contributed by atoms with E-state index in [1.54, 1.807) is 0 Å².